The van der Waals surface area contributed by atoms with Crippen LogP contribution in [0.5, 0.6) is 0 Å². The van der Waals surface area contributed by atoms with Crippen molar-refractivity contribution in [3.8, 4) is 0 Å². The third kappa shape index (κ3) is 8.01. The monoisotopic (exact) mass is 698 g/mol. The number of likely N-dealkylation sites (tertiary alicyclic amines) is 1. The van der Waals surface area contributed by atoms with Crippen molar-refractivity contribution >= 4 is 39.1 Å². The Bertz CT molecular complexity index is 1930. The smallest absolute Gasteiger partial charge is 0.262 e. The number of halogens is 1. The quantitative estimate of drug-likeness (QED) is 0.193. The number of hydrogen-bond acceptors (Lipinski definition) is 5. The van der Waals surface area contributed by atoms with Crippen LogP contribution in [0.1, 0.15) is 57.7 Å². The number of nitrogens with one attached hydrogen (secondary N) is 3. The molecule has 2 aliphatic rings. The first kappa shape index (κ1) is 34.7. The Morgan fingerprint density at radius 1 is 0.898 bits per heavy atom. The lowest BCUT2D eigenvalue weighted by Crippen LogP contribution is -2.56. The molecule has 10 heteroatoms. The number of sulfonamides is 1. The van der Waals surface area contributed by atoms with Gasteiger partial charge in [0.2, 0.25) is 11.8 Å². The van der Waals surface area contributed by atoms with Crippen molar-refractivity contribution in [2.24, 2.45) is 0 Å². The second-order valence-corrected chi connectivity index (χ2v) is 15.4. The van der Waals surface area contributed by atoms with E-state index in [0.29, 0.717) is 72.0 Å². The SMILES string of the molecule is Cc1cc(C)c(S(=O)(=O)Nc2ccccc2C2CCN(C(=O)C(Cc3ccc(Cl)cc3)NC(=O)C3Cc4ccccc4CN3)CC2)c(C)c1. The minimum absolute atomic E-state index is 0.0546. The van der Waals surface area contributed by atoms with Crippen LogP contribution in [0.4, 0.5) is 5.69 Å². The van der Waals surface area contributed by atoms with Gasteiger partial charge in [-0.15, -0.1) is 0 Å². The molecule has 0 aromatic heterocycles. The number of fused-ring (bicyclic) bond motifs is 1. The highest BCUT2D eigenvalue weighted by Gasteiger charge is 2.33. The van der Waals surface area contributed by atoms with Gasteiger partial charge in [0.15, 0.2) is 0 Å². The van der Waals surface area contributed by atoms with Crippen molar-refractivity contribution in [3.05, 3.63) is 129 Å². The topological polar surface area (TPSA) is 108 Å². The number of carbonyl (C=O) groups is 2. The maximum atomic E-state index is 14.1. The third-order valence-corrected chi connectivity index (χ3v) is 11.6. The van der Waals surface area contributed by atoms with Gasteiger partial charge in [0.1, 0.15) is 6.04 Å². The van der Waals surface area contributed by atoms with Crippen LogP contribution in [0.25, 0.3) is 0 Å². The van der Waals surface area contributed by atoms with Crippen molar-refractivity contribution in [3.63, 3.8) is 0 Å². The molecule has 1 saturated heterocycles. The zero-order valence-corrected chi connectivity index (χ0v) is 29.7. The maximum Gasteiger partial charge on any atom is 0.262 e. The minimum Gasteiger partial charge on any atom is -0.343 e. The van der Waals surface area contributed by atoms with Crippen LogP contribution < -0.4 is 15.4 Å². The summed E-state index contributed by atoms with van der Waals surface area (Å²) in [6.45, 7) is 7.17. The number of hydrogen-bond donors (Lipinski definition) is 3. The molecule has 2 amide bonds. The summed E-state index contributed by atoms with van der Waals surface area (Å²) in [5.41, 5.74) is 7.12. The predicted octanol–water partition coefficient (Wildman–Crippen LogP) is 6.21. The van der Waals surface area contributed by atoms with Crippen molar-refractivity contribution in [1.82, 2.24) is 15.5 Å². The van der Waals surface area contributed by atoms with E-state index >= 15 is 0 Å². The molecule has 0 bridgehead atoms. The van der Waals surface area contributed by atoms with Crippen molar-refractivity contribution in [2.75, 3.05) is 17.8 Å². The number of piperidine rings is 1. The van der Waals surface area contributed by atoms with Gasteiger partial charge in [0, 0.05) is 31.1 Å². The summed E-state index contributed by atoms with van der Waals surface area (Å²) >= 11 is 6.13. The predicted molar refractivity (Wildman–Crippen MR) is 194 cm³/mol. The van der Waals surface area contributed by atoms with Gasteiger partial charge in [-0.25, -0.2) is 8.42 Å². The van der Waals surface area contributed by atoms with Gasteiger partial charge < -0.3 is 15.5 Å². The van der Waals surface area contributed by atoms with Crippen LogP contribution in [-0.4, -0.2) is 50.3 Å². The molecule has 2 heterocycles. The fourth-order valence-electron chi connectivity index (χ4n) is 7.33. The second-order valence-electron chi connectivity index (χ2n) is 13.3. The average molecular weight is 699 g/mol. The van der Waals surface area contributed by atoms with Gasteiger partial charge in [-0.05, 0) is 97.5 Å². The van der Waals surface area contributed by atoms with E-state index in [9.17, 15) is 18.0 Å². The molecule has 0 aliphatic carbocycles. The number of carbonyl (C=O) groups excluding carboxylic acids is 2. The lowest BCUT2D eigenvalue weighted by molar-refractivity contribution is -0.137. The van der Waals surface area contributed by atoms with E-state index in [-0.39, 0.29) is 17.7 Å². The van der Waals surface area contributed by atoms with Crippen molar-refractivity contribution in [2.45, 2.75) is 75.9 Å². The van der Waals surface area contributed by atoms with Crippen LogP contribution >= 0.6 is 11.6 Å². The van der Waals surface area contributed by atoms with Gasteiger partial charge in [-0.3, -0.25) is 14.3 Å². The van der Waals surface area contributed by atoms with Crippen LogP contribution in [0.3, 0.4) is 0 Å². The highest BCUT2D eigenvalue weighted by molar-refractivity contribution is 7.92. The Morgan fingerprint density at radius 2 is 1.53 bits per heavy atom. The number of para-hydroxylation sites is 1. The standard InChI is InChI=1S/C39H43ClN4O4S/c1-25-20-26(2)37(27(3)21-25)49(47,48)43-34-11-7-6-10-33(34)29-16-18-44(19-17-29)39(46)36(22-28-12-14-32(40)15-13-28)42-38(45)35-23-30-8-4-5-9-31(30)24-41-35/h4-15,20-21,29,35-36,41,43H,16-19,22-24H2,1-3H3,(H,42,45). The average Bonchev–Trinajstić information content (AvgIpc) is 3.08. The van der Waals surface area contributed by atoms with E-state index < -0.39 is 22.1 Å². The molecule has 4 aromatic rings. The first-order chi connectivity index (χ1) is 23.5. The summed E-state index contributed by atoms with van der Waals surface area (Å²) in [4.78, 5) is 29.8. The summed E-state index contributed by atoms with van der Waals surface area (Å²) in [5, 5.41) is 7.02. The third-order valence-electron chi connectivity index (χ3n) is 9.69. The maximum absolute atomic E-state index is 14.1. The van der Waals surface area contributed by atoms with E-state index in [1.54, 1.807) is 18.2 Å². The molecule has 256 valence electrons. The second kappa shape index (κ2) is 14.7. The zero-order chi connectivity index (χ0) is 34.7. The lowest BCUT2D eigenvalue weighted by Gasteiger charge is -2.36. The molecule has 0 radical (unpaired) electrons. The Labute approximate surface area is 294 Å². The summed E-state index contributed by atoms with van der Waals surface area (Å²) < 4.78 is 30.1. The van der Waals surface area contributed by atoms with E-state index in [0.717, 1.165) is 22.3 Å². The number of amides is 2. The molecular weight excluding hydrogens is 656 g/mol. The zero-order valence-electron chi connectivity index (χ0n) is 28.1. The first-order valence-electron chi connectivity index (χ1n) is 16.8. The normalized spacial score (nSPS) is 17.2. The Balaban J connectivity index is 1.15. The van der Waals surface area contributed by atoms with Crippen LogP contribution in [-0.2, 0) is 39.0 Å². The summed E-state index contributed by atoms with van der Waals surface area (Å²) in [7, 11) is -3.83. The number of anilines is 1. The lowest BCUT2D eigenvalue weighted by atomic mass is 9.88. The molecule has 2 unspecified atom stereocenters. The largest absolute Gasteiger partial charge is 0.343 e. The highest BCUT2D eigenvalue weighted by atomic mass is 35.5. The van der Waals surface area contributed by atoms with Crippen molar-refractivity contribution < 1.29 is 18.0 Å². The van der Waals surface area contributed by atoms with Gasteiger partial charge in [-0.1, -0.05) is 83.9 Å². The molecule has 3 N–H and O–H groups in total. The van der Waals surface area contributed by atoms with Crippen LogP contribution in [0.2, 0.25) is 5.02 Å². The van der Waals surface area contributed by atoms with E-state index in [1.807, 2.05) is 86.3 Å². The Hall–Kier alpha value is -4.18. The molecule has 6 rings (SSSR count). The van der Waals surface area contributed by atoms with Crippen LogP contribution in [0, 0.1) is 20.8 Å². The molecule has 8 nitrogen and oxygen atoms in total. The number of aryl methyl sites for hydroxylation is 3. The van der Waals surface area contributed by atoms with E-state index in [1.165, 1.54) is 5.56 Å². The molecule has 49 heavy (non-hydrogen) atoms. The fourth-order valence-corrected chi connectivity index (χ4v) is 9.00. The molecular formula is C39H43ClN4O4S. The van der Waals surface area contributed by atoms with Gasteiger partial charge >= 0.3 is 0 Å². The molecule has 4 aromatic carbocycles. The number of nitrogens with zero attached hydrogens (tertiary/aromatic N) is 1. The summed E-state index contributed by atoms with van der Waals surface area (Å²) in [6, 6.07) is 25.5. The highest BCUT2D eigenvalue weighted by Crippen LogP contribution is 2.35. The molecule has 0 spiro atoms. The minimum atomic E-state index is -3.83. The van der Waals surface area contributed by atoms with Gasteiger partial charge in [0.05, 0.1) is 16.6 Å². The van der Waals surface area contributed by atoms with Crippen molar-refractivity contribution in [1.29, 1.82) is 0 Å². The van der Waals surface area contributed by atoms with E-state index in [4.69, 9.17) is 11.6 Å². The fraction of sp³-hybridized carbons (Fsp3) is 0.333. The number of benzene rings is 4. The Kier molecular flexibility index (Phi) is 10.4. The Morgan fingerprint density at radius 3 is 2.22 bits per heavy atom. The van der Waals surface area contributed by atoms with Gasteiger partial charge in [0.25, 0.3) is 10.0 Å². The molecule has 2 atom stereocenters. The van der Waals surface area contributed by atoms with Crippen LogP contribution in [0.15, 0.2) is 89.8 Å². The van der Waals surface area contributed by atoms with E-state index in [2.05, 4.69) is 21.4 Å². The first-order valence-corrected chi connectivity index (χ1v) is 18.7. The number of rotatable bonds is 9. The molecule has 1 fully saturated rings. The molecule has 0 saturated carbocycles. The summed E-state index contributed by atoms with van der Waals surface area (Å²) in [6.07, 6.45) is 2.22. The molecule has 2 aliphatic heterocycles. The summed E-state index contributed by atoms with van der Waals surface area (Å²) in [5.74, 6) is -0.270. The van der Waals surface area contributed by atoms with Gasteiger partial charge in [-0.2, -0.15) is 0 Å².